The molecule has 0 aromatic heterocycles. The first-order valence-electron chi connectivity index (χ1n) is 12.0. The number of benzene rings is 1. The van der Waals surface area contributed by atoms with Crippen LogP contribution in [0.2, 0.25) is 0 Å². The number of rotatable bonds is 11. The van der Waals surface area contributed by atoms with Gasteiger partial charge >= 0.3 is 0 Å². The van der Waals surface area contributed by atoms with Gasteiger partial charge in [0.2, 0.25) is 5.91 Å². The van der Waals surface area contributed by atoms with Gasteiger partial charge < -0.3 is 24.8 Å². The Labute approximate surface area is 187 Å². The van der Waals surface area contributed by atoms with Crippen molar-refractivity contribution in [1.29, 1.82) is 0 Å². The molecule has 0 radical (unpaired) electrons. The number of likely N-dealkylation sites (tertiary alicyclic amines) is 1. The van der Waals surface area contributed by atoms with Crippen molar-refractivity contribution in [2.45, 2.75) is 77.9 Å². The van der Waals surface area contributed by atoms with Crippen LogP contribution in [0, 0.1) is 5.41 Å². The van der Waals surface area contributed by atoms with Crippen LogP contribution in [0.3, 0.4) is 0 Å². The molecule has 1 fully saturated rings. The summed E-state index contributed by atoms with van der Waals surface area (Å²) in [5, 5.41) is 14.4. The van der Waals surface area contributed by atoms with Crippen molar-refractivity contribution in [2.75, 3.05) is 32.8 Å². The maximum absolute atomic E-state index is 12.7. The number of aliphatic hydroxyl groups is 1. The number of hydrogen-bond donors (Lipinski definition) is 2. The van der Waals surface area contributed by atoms with Crippen molar-refractivity contribution in [2.24, 2.45) is 5.41 Å². The van der Waals surface area contributed by atoms with E-state index in [-0.39, 0.29) is 17.4 Å². The van der Waals surface area contributed by atoms with E-state index in [0.717, 1.165) is 37.9 Å². The molecule has 2 aliphatic heterocycles. The second-order valence-electron chi connectivity index (χ2n) is 9.84. The molecular formula is C25H40N2O4. The number of ether oxygens (including phenoxy) is 2. The van der Waals surface area contributed by atoms with Gasteiger partial charge in [0.25, 0.3) is 0 Å². The third-order valence-electron chi connectivity index (χ3n) is 6.35. The van der Waals surface area contributed by atoms with Gasteiger partial charge in [-0.15, -0.1) is 0 Å². The summed E-state index contributed by atoms with van der Waals surface area (Å²) in [5.41, 5.74) is 1.02. The number of amides is 1. The smallest absolute Gasteiger partial charge is 0.220 e. The molecule has 0 aliphatic carbocycles. The normalized spacial score (nSPS) is 19.7. The number of fused-ring (bicyclic) bond motifs is 1. The highest BCUT2D eigenvalue weighted by Gasteiger charge is 2.33. The van der Waals surface area contributed by atoms with Crippen LogP contribution in [0.15, 0.2) is 18.2 Å². The number of carbonyl (C=O) groups is 1. The Morgan fingerprint density at radius 3 is 2.61 bits per heavy atom. The average molecular weight is 433 g/mol. The molecule has 0 bridgehead atoms. The monoisotopic (exact) mass is 432 g/mol. The molecule has 1 saturated heterocycles. The van der Waals surface area contributed by atoms with Crippen LogP contribution in [0.5, 0.6) is 11.5 Å². The molecule has 0 saturated carbocycles. The molecule has 6 heteroatoms. The van der Waals surface area contributed by atoms with Crippen LogP contribution in [0.25, 0.3) is 0 Å². The molecule has 2 N–H and O–H groups in total. The maximum atomic E-state index is 12.7. The minimum atomic E-state index is -0.802. The standard InChI is InChI=1S/C25H40N2O4/c1-4-5-6-7-8-9-23(28)26-20(17-27-13-12-25(2,3)18-27)24(29)19-10-11-21-22(16-19)31-15-14-30-21/h10-11,16,20,24,29H,4-9,12-15,17-18H2,1-3H3,(H,26,28)/t20-,24?/m1/s1. The summed E-state index contributed by atoms with van der Waals surface area (Å²) in [6.45, 7) is 10.4. The highest BCUT2D eigenvalue weighted by molar-refractivity contribution is 5.76. The summed E-state index contributed by atoms with van der Waals surface area (Å²) in [6, 6.07) is 5.20. The van der Waals surface area contributed by atoms with Crippen LogP contribution in [-0.2, 0) is 4.79 Å². The lowest BCUT2D eigenvalue weighted by molar-refractivity contribution is -0.123. The molecule has 31 heavy (non-hydrogen) atoms. The van der Waals surface area contributed by atoms with Gasteiger partial charge in [-0.25, -0.2) is 0 Å². The van der Waals surface area contributed by atoms with E-state index in [1.807, 2.05) is 18.2 Å². The Morgan fingerprint density at radius 2 is 1.90 bits per heavy atom. The Hall–Kier alpha value is -1.79. The Bertz CT molecular complexity index is 721. The van der Waals surface area contributed by atoms with Crippen molar-refractivity contribution in [3.05, 3.63) is 23.8 Å². The molecule has 1 unspecified atom stereocenters. The minimum Gasteiger partial charge on any atom is -0.486 e. The van der Waals surface area contributed by atoms with E-state index in [1.54, 1.807) is 0 Å². The van der Waals surface area contributed by atoms with Crippen molar-refractivity contribution in [1.82, 2.24) is 10.2 Å². The lowest BCUT2D eigenvalue weighted by atomic mass is 9.93. The van der Waals surface area contributed by atoms with E-state index < -0.39 is 6.10 Å². The van der Waals surface area contributed by atoms with Gasteiger partial charge in [-0.05, 0) is 42.5 Å². The fourth-order valence-corrected chi connectivity index (χ4v) is 4.53. The Balaban J connectivity index is 1.65. The summed E-state index contributed by atoms with van der Waals surface area (Å²) in [5.74, 6) is 1.39. The molecule has 1 amide bonds. The van der Waals surface area contributed by atoms with Gasteiger partial charge in [-0.2, -0.15) is 0 Å². The van der Waals surface area contributed by atoms with Crippen LogP contribution < -0.4 is 14.8 Å². The number of hydrogen-bond acceptors (Lipinski definition) is 5. The van der Waals surface area contributed by atoms with Crippen LogP contribution in [0.1, 0.15) is 77.4 Å². The zero-order valence-electron chi connectivity index (χ0n) is 19.5. The van der Waals surface area contributed by atoms with Crippen molar-refractivity contribution < 1.29 is 19.4 Å². The maximum Gasteiger partial charge on any atom is 0.220 e. The van der Waals surface area contributed by atoms with Gasteiger partial charge in [0, 0.05) is 19.5 Å². The molecule has 174 valence electrons. The number of nitrogens with one attached hydrogen (secondary N) is 1. The fourth-order valence-electron chi connectivity index (χ4n) is 4.53. The van der Waals surface area contributed by atoms with Gasteiger partial charge in [0.15, 0.2) is 11.5 Å². The number of carbonyl (C=O) groups excluding carboxylic acids is 1. The second-order valence-corrected chi connectivity index (χ2v) is 9.84. The molecule has 0 spiro atoms. The summed E-state index contributed by atoms with van der Waals surface area (Å²) >= 11 is 0. The third-order valence-corrected chi connectivity index (χ3v) is 6.35. The summed E-state index contributed by atoms with van der Waals surface area (Å²) in [7, 11) is 0. The largest absolute Gasteiger partial charge is 0.486 e. The van der Waals surface area contributed by atoms with Gasteiger partial charge in [-0.3, -0.25) is 4.79 Å². The lowest BCUT2D eigenvalue weighted by Gasteiger charge is -2.30. The molecule has 1 aromatic rings. The summed E-state index contributed by atoms with van der Waals surface area (Å²) < 4.78 is 11.3. The van der Waals surface area contributed by atoms with Crippen molar-refractivity contribution in [3.63, 3.8) is 0 Å². The summed E-state index contributed by atoms with van der Waals surface area (Å²) in [6.07, 6.45) is 6.41. The van der Waals surface area contributed by atoms with Crippen molar-refractivity contribution >= 4 is 5.91 Å². The van der Waals surface area contributed by atoms with E-state index in [9.17, 15) is 9.90 Å². The number of aliphatic hydroxyl groups excluding tert-OH is 1. The SMILES string of the molecule is CCCCCCCC(=O)N[C@H](CN1CCC(C)(C)C1)C(O)c1ccc2c(c1)OCCO2. The molecule has 3 rings (SSSR count). The molecule has 1 aromatic carbocycles. The third kappa shape index (κ3) is 7.11. The van der Waals surface area contributed by atoms with Gasteiger partial charge in [0.1, 0.15) is 19.3 Å². The van der Waals surface area contributed by atoms with Crippen LogP contribution >= 0.6 is 0 Å². The first kappa shape index (κ1) is 23.9. The second kappa shape index (κ2) is 11.2. The molecule has 6 nitrogen and oxygen atoms in total. The quantitative estimate of drug-likeness (QED) is 0.516. The Morgan fingerprint density at radius 1 is 1.16 bits per heavy atom. The highest BCUT2D eigenvalue weighted by atomic mass is 16.6. The van der Waals surface area contributed by atoms with E-state index in [2.05, 4.69) is 31.0 Å². The minimum absolute atomic E-state index is 0.0246. The molecular weight excluding hydrogens is 392 g/mol. The zero-order chi connectivity index (χ0) is 22.3. The molecule has 2 aliphatic rings. The van der Waals surface area contributed by atoms with Crippen molar-refractivity contribution in [3.8, 4) is 11.5 Å². The van der Waals surface area contributed by atoms with E-state index in [0.29, 0.717) is 37.7 Å². The summed E-state index contributed by atoms with van der Waals surface area (Å²) in [4.78, 5) is 15.0. The van der Waals surface area contributed by atoms with Gasteiger partial charge in [-0.1, -0.05) is 52.5 Å². The number of unbranched alkanes of at least 4 members (excludes halogenated alkanes) is 4. The first-order valence-corrected chi connectivity index (χ1v) is 12.0. The fraction of sp³-hybridized carbons (Fsp3) is 0.720. The molecule has 2 heterocycles. The zero-order valence-corrected chi connectivity index (χ0v) is 19.5. The molecule has 2 atom stereocenters. The van der Waals surface area contributed by atoms with Crippen LogP contribution in [-0.4, -0.2) is 54.8 Å². The topological polar surface area (TPSA) is 71.0 Å². The number of nitrogens with zero attached hydrogens (tertiary/aromatic N) is 1. The predicted octanol–water partition coefficient (Wildman–Crippen LogP) is 4.07. The van der Waals surface area contributed by atoms with Crippen LogP contribution in [0.4, 0.5) is 0 Å². The first-order chi connectivity index (χ1) is 14.9. The van der Waals surface area contributed by atoms with E-state index in [4.69, 9.17) is 9.47 Å². The highest BCUT2D eigenvalue weighted by Crippen LogP contribution is 2.34. The van der Waals surface area contributed by atoms with E-state index >= 15 is 0 Å². The van der Waals surface area contributed by atoms with Gasteiger partial charge in [0.05, 0.1) is 6.04 Å². The Kier molecular flexibility index (Phi) is 8.61. The average Bonchev–Trinajstić information content (AvgIpc) is 3.10. The lowest BCUT2D eigenvalue weighted by Crippen LogP contribution is -2.47. The van der Waals surface area contributed by atoms with E-state index in [1.165, 1.54) is 19.3 Å². The predicted molar refractivity (Wildman–Crippen MR) is 123 cm³/mol.